The van der Waals surface area contributed by atoms with Crippen molar-refractivity contribution in [1.82, 2.24) is 9.62 Å². The fourth-order valence-electron chi connectivity index (χ4n) is 3.11. The molecule has 1 unspecified atom stereocenters. The topological polar surface area (TPSA) is 62.6 Å². The minimum absolute atomic E-state index is 0.0612. The van der Waals surface area contributed by atoms with Crippen LogP contribution in [0.3, 0.4) is 0 Å². The molecular weight excluding hydrogens is 344 g/mol. The number of hydrogen-bond acceptors (Lipinski definition) is 5. The van der Waals surface area contributed by atoms with Crippen molar-refractivity contribution in [1.29, 1.82) is 0 Å². The third-order valence-electron chi connectivity index (χ3n) is 4.40. The van der Waals surface area contributed by atoms with Gasteiger partial charge in [0.15, 0.2) is 0 Å². The Hall–Kier alpha value is -1.15. The molecule has 132 valence electrons. The van der Waals surface area contributed by atoms with Gasteiger partial charge < -0.3 is 4.42 Å². The number of hydrogen-bond donors (Lipinski definition) is 1. The van der Waals surface area contributed by atoms with Crippen molar-refractivity contribution >= 4 is 21.4 Å². The molecule has 0 amide bonds. The number of furan rings is 1. The summed E-state index contributed by atoms with van der Waals surface area (Å²) in [5, 5.41) is 0. The molecule has 0 radical (unpaired) electrons. The summed E-state index contributed by atoms with van der Waals surface area (Å²) < 4.78 is 33.8. The van der Waals surface area contributed by atoms with Crippen molar-refractivity contribution in [2.24, 2.45) is 0 Å². The van der Waals surface area contributed by atoms with Gasteiger partial charge in [-0.1, -0.05) is 12.8 Å². The van der Waals surface area contributed by atoms with Gasteiger partial charge in [-0.3, -0.25) is 4.90 Å². The van der Waals surface area contributed by atoms with Crippen molar-refractivity contribution in [3.8, 4) is 0 Å². The highest BCUT2D eigenvalue weighted by atomic mass is 32.2. The maximum atomic E-state index is 12.5. The predicted octanol–water partition coefficient (Wildman–Crippen LogP) is 3.55. The van der Waals surface area contributed by atoms with Crippen LogP contribution in [-0.4, -0.2) is 33.0 Å². The van der Waals surface area contributed by atoms with Gasteiger partial charge in [-0.2, -0.15) is 0 Å². The van der Waals surface area contributed by atoms with Crippen LogP contribution in [0.2, 0.25) is 0 Å². The van der Waals surface area contributed by atoms with E-state index in [0.717, 1.165) is 36.6 Å². The fraction of sp³-hybridized carbons (Fsp3) is 0.529. The van der Waals surface area contributed by atoms with Crippen molar-refractivity contribution < 1.29 is 12.8 Å². The van der Waals surface area contributed by atoms with Crippen LogP contribution in [0, 0.1) is 6.92 Å². The normalized spacial score (nSPS) is 18.4. The van der Waals surface area contributed by atoms with Crippen molar-refractivity contribution in [3.63, 3.8) is 0 Å². The molecule has 2 aromatic heterocycles. The minimum atomic E-state index is -3.47. The fourth-order valence-corrected chi connectivity index (χ4v) is 5.48. The van der Waals surface area contributed by atoms with E-state index in [1.54, 1.807) is 12.3 Å². The summed E-state index contributed by atoms with van der Waals surface area (Å²) in [4.78, 5) is 3.33. The highest BCUT2D eigenvalue weighted by Gasteiger charge is 2.26. The lowest BCUT2D eigenvalue weighted by Gasteiger charge is -2.29. The van der Waals surface area contributed by atoms with Gasteiger partial charge in [0.25, 0.3) is 0 Å². The molecule has 0 bridgehead atoms. The summed E-state index contributed by atoms with van der Waals surface area (Å²) in [5.41, 5.74) is 0. The minimum Gasteiger partial charge on any atom is -0.468 e. The maximum Gasteiger partial charge on any atom is 0.250 e. The van der Waals surface area contributed by atoms with Gasteiger partial charge in [0.05, 0.1) is 12.3 Å². The molecule has 0 saturated carbocycles. The van der Waals surface area contributed by atoms with E-state index in [1.807, 2.05) is 25.1 Å². The molecule has 1 fully saturated rings. The third kappa shape index (κ3) is 4.27. The van der Waals surface area contributed by atoms with Crippen molar-refractivity contribution in [2.75, 3.05) is 19.6 Å². The summed E-state index contributed by atoms with van der Waals surface area (Å²) >= 11 is 1.30. The van der Waals surface area contributed by atoms with Gasteiger partial charge in [0, 0.05) is 11.4 Å². The van der Waals surface area contributed by atoms with Gasteiger partial charge in [-0.25, -0.2) is 13.1 Å². The Morgan fingerprint density at radius 1 is 1.21 bits per heavy atom. The zero-order chi connectivity index (χ0) is 17.0. The summed E-state index contributed by atoms with van der Waals surface area (Å²) in [6.07, 6.45) is 6.42. The Bertz CT molecular complexity index is 730. The number of rotatable bonds is 6. The molecule has 3 heterocycles. The molecule has 5 nitrogen and oxygen atoms in total. The van der Waals surface area contributed by atoms with E-state index >= 15 is 0 Å². The lowest BCUT2D eigenvalue weighted by atomic mass is 10.2. The van der Waals surface area contributed by atoms with Crippen molar-refractivity contribution in [3.05, 3.63) is 41.2 Å². The Balaban J connectivity index is 1.74. The van der Waals surface area contributed by atoms with Crippen LogP contribution in [0.4, 0.5) is 0 Å². The van der Waals surface area contributed by atoms with Gasteiger partial charge in [0.2, 0.25) is 10.0 Å². The standard InChI is InChI=1S/C17H24N2O3S2/c1-14-8-9-17(23-14)24(20,21)18-13-15(16-7-6-12-22-16)19-10-4-2-3-5-11-19/h6-9,12,15,18H,2-5,10-11,13H2,1H3. The summed E-state index contributed by atoms with van der Waals surface area (Å²) in [6, 6.07) is 7.22. The maximum absolute atomic E-state index is 12.5. The molecule has 1 saturated heterocycles. The molecule has 1 aliphatic rings. The Morgan fingerprint density at radius 3 is 2.54 bits per heavy atom. The third-order valence-corrected chi connectivity index (χ3v) is 7.32. The molecule has 1 N–H and O–H groups in total. The van der Waals surface area contributed by atoms with Crippen LogP contribution < -0.4 is 4.72 Å². The highest BCUT2D eigenvalue weighted by Crippen LogP contribution is 2.26. The zero-order valence-electron chi connectivity index (χ0n) is 13.9. The van der Waals surface area contributed by atoms with Gasteiger partial charge in [0.1, 0.15) is 9.97 Å². The molecule has 7 heteroatoms. The zero-order valence-corrected chi connectivity index (χ0v) is 15.5. The number of aryl methyl sites for hydroxylation is 1. The van der Waals surface area contributed by atoms with E-state index in [1.165, 1.54) is 24.2 Å². The number of likely N-dealkylation sites (tertiary alicyclic amines) is 1. The highest BCUT2D eigenvalue weighted by molar-refractivity contribution is 7.91. The Kier molecular flexibility index (Phi) is 5.76. The predicted molar refractivity (Wildman–Crippen MR) is 95.7 cm³/mol. The summed E-state index contributed by atoms with van der Waals surface area (Å²) in [6.45, 7) is 4.19. The summed E-state index contributed by atoms with van der Waals surface area (Å²) in [5.74, 6) is 0.821. The van der Waals surface area contributed by atoms with E-state index < -0.39 is 10.0 Å². The van der Waals surface area contributed by atoms with E-state index in [0.29, 0.717) is 10.8 Å². The van der Waals surface area contributed by atoms with Gasteiger partial charge in [-0.05, 0) is 57.1 Å². The molecule has 0 aromatic carbocycles. The lowest BCUT2D eigenvalue weighted by Crippen LogP contribution is -2.38. The average Bonchev–Trinajstić information content (AvgIpc) is 3.15. The molecule has 24 heavy (non-hydrogen) atoms. The summed E-state index contributed by atoms with van der Waals surface area (Å²) in [7, 11) is -3.47. The van der Waals surface area contributed by atoms with Crippen LogP contribution in [0.5, 0.6) is 0 Å². The van der Waals surface area contributed by atoms with E-state index in [9.17, 15) is 8.42 Å². The Labute approximate surface area is 147 Å². The van der Waals surface area contributed by atoms with E-state index in [4.69, 9.17) is 4.42 Å². The number of nitrogens with one attached hydrogen (secondary N) is 1. The monoisotopic (exact) mass is 368 g/mol. The number of thiophene rings is 1. The van der Waals surface area contributed by atoms with E-state index in [2.05, 4.69) is 9.62 Å². The quantitative estimate of drug-likeness (QED) is 0.847. The van der Waals surface area contributed by atoms with Crippen LogP contribution in [-0.2, 0) is 10.0 Å². The molecule has 1 atom stereocenters. The largest absolute Gasteiger partial charge is 0.468 e. The van der Waals surface area contributed by atoms with Gasteiger partial charge in [-0.15, -0.1) is 11.3 Å². The first kappa shape index (κ1) is 17.7. The van der Waals surface area contributed by atoms with Crippen LogP contribution in [0.25, 0.3) is 0 Å². The molecule has 3 rings (SSSR count). The molecule has 2 aromatic rings. The van der Waals surface area contributed by atoms with Crippen LogP contribution >= 0.6 is 11.3 Å². The molecule has 0 spiro atoms. The second-order valence-electron chi connectivity index (χ2n) is 6.20. The second-order valence-corrected chi connectivity index (χ2v) is 9.48. The van der Waals surface area contributed by atoms with E-state index in [-0.39, 0.29) is 6.04 Å². The first-order valence-corrected chi connectivity index (χ1v) is 10.7. The van der Waals surface area contributed by atoms with Crippen LogP contribution in [0.1, 0.15) is 42.4 Å². The molecular formula is C17H24N2O3S2. The SMILES string of the molecule is Cc1ccc(S(=O)(=O)NCC(c2ccco2)N2CCCCCC2)s1. The second kappa shape index (κ2) is 7.82. The first-order chi connectivity index (χ1) is 11.6. The number of nitrogens with zero attached hydrogens (tertiary/aromatic N) is 1. The lowest BCUT2D eigenvalue weighted by molar-refractivity contribution is 0.182. The number of sulfonamides is 1. The first-order valence-electron chi connectivity index (χ1n) is 8.40. The molecule has 0 aliphatic carbocycles. The average molecular weight is 369 g/mol. The molecule has 1 aliphatic heterocycles. The van der Waals surface area contributed by atoms with Crippen molar-refractivity contribution in [2.45, 2.75) is 42.9 Å². The van der Waals surface area contributed by atoms with Gasteiger partial charge >= 0.3 is 0 Å². The van der Waals surface area contributed by atoms with Crippen LogP contribution in [0.15, 0.2) is 39.2 Å². The smallest absolute Gasteiger partial charge is 0.250 e. The Morgan fingerprint density at radius 2 is 1.96 bits per heavy atom.